The van der Waals surface area contributed by atoms with Crippen LogP contribution < -0.4 is 0 Å². The van der Waals surface area contributed by atoms with E-state index in [4.69, 9.17) is 4.74 Å². The van der Waals surface area contributed by atoms with Gasteiger partial charge < -0.3 is 14.6 Å². The zero-order chi connectivity index (χ0) is 18.1. The molecule has 1 aliphatic heterocycles. The smallest absolute Gasteiger partial charge is 0.340 e. The van der Waals surface area contributed by atoms with E-state index < -0.39 is 0 Å². The Kier molecular flexibility index (Phi) is 5.21. The Balaban J connectivity index is 1.77. The first-order chi connectivity index (χ1) is 11.9. The van der Waals surface area contributed by atoms with Gasteiger partial charge >= 0.3 is 5.97 Å². The fourth-order valence-electron chi connectivity index (χ4n) is 4.49. The van der Waals surface area contributed by atoms with Gasteiger partial charge in [-0.1, -0.05) is 19.3 Å². The van der Waals surface area contributed by atoms with Crippen molar-refractivity contribution in [2.75, 3.05) is 13.1 Å². The van der Waals surface area contributed by atoms with E-state index in [1.807, 2.05) is 32.6 Å². The second-order valence-electron chi connectivity index (χ2n) is 7.92. The fourth-order valence-corrected chi connectivity index (χ4v) is 4.49. The molecule has 1 aromatic rings. The van der Waals surface area contributed by atoms with E-state index in [-0.39, 0.29) is 18.0 Å². The van der Waals surface area contributed by atoms with Gasteiger partial charge in [0.1, 0.15) is 5.69 Å². The van der Waals surface area contributed by atoms with Gasteiger partial charge in [-0.2, -0.15) is 0 Å². The van der Waals surface area contributed by atoms with Crippen molar-refractivity contribution in [3.63, 3.8) is 0 Å². The number of nitrogens with zero attached hydrogens (tertiary/aromatic N) is 1. The lowest BCUT2D eigenvalue weighted by molar-refractivity contribution is 0.0376. The number of carbonyl (C=O) groups excluding carboxylic acids is 2. The Morgan fingerprint density at radius 1 is 1.12 bits per heavy atom. The summed E-state index contributed by atoms with van der Waals surface area (Å²) in [6, 6.07) is 0. The van der Waals surface area contributed by atoms with Gasteiger partial charge in [0, 0.05) is 18.8 Å². The Morgan fingerprint density at radius 2 is 1.80 bits per heavy atom. The van der Waals surface area contributed by atoms with Crippen molar-refractivity contribution in [1.29, 1.82) is 0 Å². The van der Waals surface area contributed by atoms with Crippen molar-refractivity contribution in [2.45, 2.75) is 65.9 Å². The van der Waals surface area contributed by atoms with Crippen molar-refractivity contribution in [1.82, 2.24) is 9.88 Å². The van der Waals surface area contributed by atoms with Crippen LogP contribution in [0.15, 0.2) is 0 Å². The van der Waals surface area contributed by atoms with E-state index >= 15 is 0 Å². The van der Waals surface area contributed by atoms with E-state index in [0.29, 0.717) is 28.4 Å². The molecule has 1 saturated carbocycles. The molecule has 0 spiro atoms. The second-order valence-corrected chi connectivity index (χ2v) is 7.92. The molecule has 5 nitrogen and oxygen atoms in total. The van der Waals surface area contributed by atoms with Gasteiger partial charge in [-0.3, -0.25) is 4.79 Å². The molecule has 2 heterocycles. The summed E-state index contributed by atoms with van der Waals surface area (Å²) in [5.41, 5.74) is 2.46. The lowest BCUT2D eigenvalue weighted by Crippen LogP contribution is -2.45. The molecule has 1 aliphatic carbocycles. The topological polar surface area (TPSA) is 62.4 Å². The van der Waals surface area contributed by atoms with Crippen LogP contribution in [0.4, 0.5) is 0 Å². The van der Waals surface area contributed by atoms with Gasteiger partial charge in [0.05, 0.1) is 11.7 Å². The third-order valence-electron chi connectivity index (χ3n) is 5.78. The first-order valence-electron chi connectivity index (χ1n) is 9.58. The third kappa shape index (κ3) is 3.60. The summed E-state index contributed by atoms with van der Waals surface area (Å²) in [6.07, 6.45) is 6.12. The molecule has 2 fully saturated rings. The molecule has 0 unspecified atom stereocenters. The number of likely N-dealkylation sites (tertiary alicyclic amines) is 1. The normalized spacial score (nSPS) is 23.5. The monoisotopic (exact) mass is 346 g/mol. The van der Waals surface area contributed by atoms with Crippen LogP contribution in [0.5, 0.6) is 0 Å². The van der Waals surface area contributed by atoms with Crippen LogP contribution >= 0.6 is 0 Å². The standard InChI is InChI=1S/C20H30N2O3/c1-12(2)25-20(24)17-13(3)18(21-14(17)4)19(23)22-10-9-15-7-5-6-8-16(15)11-22/h12,15-16,21H,5-11H2,1-4H3/t15-,16+/m1/s1. The predicted molar refractivity (Wildman–Crippen MR) is 96.8 cm³/mol. The predicted octanol–water partition coefficient (Wildman–Crippen LogP) is 3.85. The van der Waals surface area contributed by atoms with E-state index in [1.165, 1.54) is 25.7 Å². The lowest BCUT2D eigenvalue weighted by atomic mass is 9.75. The van der Waals surface area contributed by atoms with Crippen LogP contribution in [-0.2, 0) is 4.74 Å². The van der Waals surface area contributed by atoms with Crippen LogP contribution in [0, 0.1) is 25.7 Å². The van der Waals surface area contributed by atoms with Crippen molar-refractivity contribution < 1.29 is 14.3 Å². The largest absolute Gasteiger partial charge is 0.459 e. The highest BCUT2D eigenvalue weighted by atomic mass is 16.5. The molecule has 1 N–H and O–H groups in total. The maximum atomic E-state index is 13.0. The Morgan fingerprint density at radius 3 is 2.48 bits per heavy atom. The average molecular weight is 346 g/mol. The van der Waals surface area contributed by atoms with Crippen LogP contribution in [0.1, 0.15) is 78.1 Å². The number of nitrogens with one attached hydrogen (secondary N) is 1. The molecule has 2 atom stereocenters. The molecule has 0 bridgehead atoms. The number of H-pyrrole nitrogens is 1. The Hall–Kier alpha value is -1.78. The van der Waals surface area contributed by atoms with E-state index in [9.17, 15) is 9.59 Å². The zero-order valence-corrected chi connectivity index (χ0v) is 15.9. The van der Waals surface area contributed by atoms with Gasteiger partial charge in [0.2, 0.25) is 0 Å². The lowest BCUT2D eigenvalue weighted by Gasteiger charge is -2.41. The molecule has 3 rings (SSSR count). The maximum Gasteiger partial charge on any atom is 0.340 e. The number of hydrogen-bond donors (Lipinski definition) is 1. The number of fused-ring (bicyclic) bond motifs is 1. The highest BCUT2D eigenvalue weighted by molar-refractivity contribution is 6.00. The van der Waals surface area contributed by atoms with Gasteiger partial charge in [0.25, 0.3) is 5.91 Å². The van der Waals surface area contributed by atoms with Crippen molar-refractivity contribution in [3.8, 4) is 0 Å². The molecule has 25 heavy (non-hydrogen) atoms. The molecule has 0 radical (unpaired) electrons. The number of amides is 1. The average Bonchev–Trinajstić information content (AvgIpc) is 2.87. The number of aromatic amines is 1. The van der Waals surface area contributed by atoms with Gasteiger partial charge in [-0.25, -0.2) is 4.79 Å². The summed E-state index contributed by atoms with van der Waals surface area (Å²) in [7, 11) is 0. The van der Waals surface area contributed by atoms with Crippen LogP contribution in [0.25, 0.3) is 0 Å². The maximum absolute atomic E-state index is 13.0. The summed E-state index contributed by atoms with van der Waals surface area (Å²) >= 11 is 0. The molecule has 2 aliphatic rings. The minimum absolute atomic E-state index is 0.0215. The fraction of sp³-hybridized carbons (Fsp3) is 0.700. The van der Waals surface area contributed by atoms with Gasteiger partial charge in [-0.15, -0.1) is 0 Å². The number of aryl methyl sites for hydroxylation is 1. The molecule has 0 aromatic carbocycles. The number of esters is 1. The number of hydrogen-bond acceptors (Lipinski definition) is 3. The Labute approximate surface area is 150 Å². The first kappa shape index (κ1) is 18.0. The summed E-state index contributed by atoms with van der Waals surface area (Å²) < 4.78 is 5.32. The van der Waals surface area contributed by atoms with Crippen molar-refractivity contribution in [3.05, 3.63) is 22.5 Å². The van der Waals surface area contributed by atoms with Gasteiger partial charge in [0.15, 0.2) is 0 Å². The zero-order valence-electron chi connectivity index (χ0n) is 15.9. The van der Waals surface area contributed by atoms with Crippen LogP contribution in [0.3, 0.4) is 0 Å². The molecule has 138 valence electrons. The third-order valence-corrected chi connectivity index (χ3v) is 5.78. The van der Waals surface area contributed by atoms with Crippen molar-refractivity contribution in [2.24, 2.45) is 11.8 Å². The summed E-state index contributed by atoms with van der Waals surface area (Å²) in [5.74, 6) is 1.11. The number of carbonyl (C=O) groups is 2. The number of piperidine rings is 1. The SMILES string of the molecule is Cc1[nH]c(C(=O)N2CC[C@H]3CCCC[C@H]3C2)c(C)c1C(=O)OC(C)C. The summed E-state index contributed by atoms with van der Waals surface area (Å²) in [5, 5.41) is 0. The minimum Gasteiger partial charge on any atom is -0.459 e. The van der Waals surface area contributed by atoms with E-state index in [1.54, 1.807) is 0 Å². The van der Waals surface area contributed by atoms with Crippen LogP contribution in [0.2, 0.25) is 0 Å². The number of aromatic nitrogens is 1. The van der Waals surface area contributed by atoms with Crippen LogP contribution in [-0.4, -0.2) is 41.0 Å². The number of rotatable bonds is 3. The highest BCUT2D eigenvalue weighted by Gasteiger charge is 2.34. The first-order valence-corrected chi connectivity index (χ1v) is 9.58. The number of ether oxygens (including phenoxy) is 1. The molecule has 1 aromatic heterocycles. The molecular formula is C20H30N2O3. The summed E-state index contributed by atoms with van der Waals surface area (Å²) in [4.78, 5) is 30.5. The molecular weight excluding hydrogens is 316 g/mol. The molecule has 1 saturated heterocycles. The second kappa shape index (κ2) is 7.22. The van der Waals surface area contributed by atoms with Gasteiger partial charge in [-0.05, 0) is 57.9 Å². The van der Waals surface area contributed by atoms with Crippen molar-refractivity contribution >= 4 is 11.9 Å². The Bertz CT molecular complexity index is 662. The quantitative estimate of drug-likeness (QED) is 0.846. The van der Waals surface area contributed by atoms with E-state index in [2.05, 4.69) is 4.98 Å². The minimum atomic E-state index is -0.355. The molecule has 5 heteroatoms. The molecule has 1 amide bonds. The summed E-state index contributed by atoms with van der Waals surface area (Å²) in [6.45, 7) is 9.00. The highest BCUT2D eigenvalue weighted by Crippen LogP contribution is 2.36. The van der Waals surface area contributed by atoms with E-state index in [0.717, 1.165) is 25.4 Å².